The molecule has 0 saturated carbocycles. The van der Waals surface area contributed by atoms with Gasteiger partial charge in [-0.1, -0.05) is 6.07 Å². The Morgan fingerprint density at radius 1 is 1.14 bits per heavy atom. The van der Waals surface area contributed by atoms with E-state index in [1.54, 1.807) is 25.6 Å². The Hall–Kier alpha value is -3.17. The molecule has 2 N–H and O–H groups in total. The van der Waals surface area contributed by atoms with Gasteiger partial charge in [0, 0.05) is 11.6 Å². The highest BCUT2D eigenvalue weighted by atomic mass is 32.1. The lowest BCUT2D eigenvalue weighted by Crippen LogP contribution is -2.11. The number of methoxy groups -OCH3 is 2. The predicted octanol–water partition coefficient (Wildman–Crippen LogP) is 4.84. The van der Waals surface area contributed by atoms with Crippen molar-refractivity contribution in [3.63, 3.8) is 0 Å². The van der Waals surface area contributed by atoms with Gasteiger partial charge in [0.15, 0.2) is 17.3 Å². The second-order valence-electron chi connectivity index (χ2n) is 6.10. The molecule has 3 aromatic heterocycles. The SMILES string of the molecule is COc1ccc(-c2nc(C)c(C(=O)Nc3cc(-c4cccs4)[nH]n3)s2)cc1OC. The third-order valence-corrected chi connectivity index (χ3v) is 6.35. The van der Waals surface area contributed by atoms with E-state index < -0.39 is 0 Å². The Morgan fingerprint density at radius 3 is 2.69 bits per heavy atom. The van der Waals surface area contributed by atoms with Crippen molar-refractivity contribution in [2.75, 3.05) is 19.5 Å². The molecule has 0 aliphatic carbocycles. The first-order valence-corrected chi connectivity index (χ1v) is 10.4. The zero-order valence-corrected chi connectivity index (χ0v) is 17.6. The van der Waals surface area contributed by atoms with E-state index in [0.717, 1.165) is 21.1 Å². The number of hydrogen-bond donors (Lipinski definition) is 2. The van der Waals surface area contributed by atoms with Gasteiger partial charge in [0.05, 0.1) is 30.5 Å². The highest BCUT2D eigenvalue weighted by molar-refractivity contribution is 7.17. The summed E-state index contributed by atoms with van der Waals surface area (Å²) in [5.41, 5.74) is 2.38. The van der Waals surface area contributed by atoms with Crippen molar-refractivity contribution in [1.82, 2.24) is 15.2 Å². The zero-order chi connectivity index (χ0) is 20.4. The zero-order valence-electron chi connectivity index (χ0n) is 16.0. The summed E-state index contributed by atoms with van der Waals surface area (Å²) >= 11 is 2.92. The van der Waals surface area contributed by atoms with Gasteiger partial charge in [-0.15, -0.1) is 22.7 Å². The number of carbonyl (C=O) groups excluding carboxylic acids is 1. The van der Waals surface area contributed by atoms with Crippen LogP contribution in [0.5, 0.6) is 11.5 Å². The number of aromatic nitrogens is 3. The van der Waals surface area contributed by atoms with Crippen LogP contribution in [0.25, 0.3) is 21.1 Å². The standard InChI is InChI=1S/C20H18N4O3S2/c1-11-18(19(25)22-17-10-13(23-24-17)16-5-4-8-28-16)29-20(21-11)12-6-7-14(26-2)15(9-12)27-3/h4-10H,1-3H3,(H2,22,23,24,25). The number of thiophene rings is 1. The Balaban J connectivity index is 1.55. The fourth-order valence-electron chi connectivity index (χ4n) is 2.82. The minimum absolute atomic E-state index is 0.240. The number of H-pyrrole nitrogens is 1. The Morgan fingerprint density at radius 2 is 1.97 bits per heavy atom. The maximum absolute atomic E-state index is 12.8. The molecule has 29 heavy (non-hydrogen) atoms. The highest BCUT2D eigenvalue weighted by Crippen LogP contribution is 2.35. The predicted molar refractivity (Wildman–Crippen MR) is 115 cm³/mol. The van der Waals surface area contributed by atoms with Crippen LogP contribution >= 0.6 is 22.7 Å². The van der Waals surface area contributed by atoms with Crippen LogP contribution in [-0.2, 0) is 0 Å². The number of amides is 1. The molecule has 3 heterocycles. The van der Waals surface area contributed by atoms with Crippen LogP contribution in [0.15, 0.2) is 41.8 Å². The first-order chi connectivity index (χ1) is 14.1. The largest absolute Gasteiger partial charge is 0.493 e. The Kier molecular flexibility index (Phi) is 5.32. The molecule has 0 atom stereocenters. The molecule has 0 aliphatic rings. The van der Waals surface area contributed by atoms with Gasteiger partial charge in [0.2, 0.25) is 0 Å². The third-order valence-electron chi connectivity index (χ3n) is 4.24. The number of benzene rings is 1. The molecule has 0 radical (unpaired) electrons. The number of nitrogens with zero attached hydrogens (tertiary/aromatic N) is 2. The van der Waals surface area contributed by atoms with E-state index in [9.17, 15) is 4.79 Å². The van der Waals surface area contributed by atoms with Gasteiger partial charge in [-0.25, -0.2) is 4.98 Å². The third kappa shape index (κ3) is 3.87. The average molecular weight is 427 g/mol. The van der Waals surface area contributed by atoms with E-state index in [4.69, 9.17) is 9.47 Å². The van der Waals surface area contributed by atoms with Crippen LogP contribution in [0.4, 0.5) is 5.82 Å². The van der Waals surface area contributed by atoms with E-state index in [1.165, 1.54) is 11.3 Å². The molecule has 4 rings (SSSR count). The summed E-state index contributed by atoms with van der Waals surface area (Å²) in [7, 11) is 3.17. The minimum Gasteiger partial charge on any atom is -0.493 e. The summed E-state index contributed by atoms with van der Waals surface area (Å²) in [6.07, 6.45) is 0. The van der Waals surface area contributed by atoms with Crippen LogP contribution < -0.4 is 14.8 Å². The van der Waals surface area contributed by atoms with Gasteiger partial charge in [-0.05, 0) is 36.6 Å². The summed E-state index contributed by atoms with van der Waals surface area (Å²) in [6.45, 7) is 1.82. The number of carbonyl (C=O) groups is 1. The van der Waals surface area contributed by atoms with E-state index in [-0.39, 0.29) is 5.91 Å². The van der Waals surface area contributed by atoms with Crippen molar-refractivity contribution in [3.05, 3.63) is 52.3 Å². The minimum atomic E-state index is -0.240. The van der Waals surface area contributed by atoms with Gasteiger partial charge in [-0.2, -0.15) is 5.10 Å². The summed E-state index contributed by atoms with van der Waals surface area (Å²) in [4.78, 5) is 18.9. The molecule has 7 nitrogen and oxygen atoms in total. The Labute approximate surface area is 175 Å². The van der Waals surface area contributed by atoms with Crippen molar-refractivity contribution in [3.8, 4) is 32.6 Å². The number of rotatable bonds is 6. The maximum Gasteiger partial charge on any atom is 0.268 e. The molecule has 4 aromatic rings. The van der Waals surface area contributed by atoms with Crippen LogP contribution in [0.2, 0.25) is 0 Å². The second kappa shape index (κ2) is 8.06. The summed E-state index contributed by atoms with van der Waals surface area (Å²) < 4.78 is 10.6. The van der Waals surface area contributed by atoms with Gasteiger partial charge in [0.25, 0.3) is 5.91 Å². The highest BCUT2D eigenvalue weighted by Gasteiger charge is 2.18. The van der Waals surface area contributed by atoms with Crippen molar-refractivity contribution >= 4 is 34.4 Å². The van der Waals surface area contributed by atoms with Crippen LogP contribution in [-0.4, -0.2) is 35.3 Å². The molecule has 0 spiro atoms. The monoisotopic (exact) mass is 426 g/mol. The lowest BCUT2D eigenvalue weighted by molar-refractivity contribution is 0.102. The summed E-state index contributed by atoms with van der Waals surface area (Å²) in [5, 5.41) is 12.7. The molecule has 1 amide bonds. The average Bonchev–Trinajstić information content (AvgIpc) is 3.48. The van der Waals surface area contributed by atoms with Gasteiger partial charge >= 0.3 is 0 Å². The summed E-state index contributed by atoms with van der Waals surface area (Å²) in [5.74, 6) is 1.49. The van der Waals surface area contributed by atoms with E-state index in [0.29, 0.717) is 27.9 Å². The molecule has 1 aromatic carbocycles. The number of thiazole rings is 1. The molecule has 0 aliphatic heterocycles. The number of ether oxygens (including phenoxy) is 2. The number of aromatic amines is 1. The second-order valence-corrected chi connectivity index (χ2v) is 8.05. The number of aryl methyl sites for hydroxylation is 1. The van der Waals surface area contributed by atoms with Crippen molar-refractivity contribution in [1.29, 1.82) is 0 Å². The molecule has 0 bridgehead atoms. The number of hydrogen-bond acceptors (Lipinski definition) is 7. The normalized spacial score (nSPS) is 10.7. The molecular weight excluding hydrogens is 408 g/mol. The summed E-state index contributed by atoms with van der Waals surface area (Å²) in [6, 6.07) is 11.3. The maximum atomic E-state index is 12.8. The molecular formula is C20H18N4O3S2. The fraction of sp³-hybridized carbons (Fsp3) is 0.150. The van der Waals surface area contributed by atoms with Gasteiger partial charge < -0.3 is 14.8 Å². The molecule has 0 fully saturated rings. The smallest absolute Gasteiger partial charge is 0.268 e. The number of nitrogens with one attached hydrogen (secondary N) is 2. The molecule has 148 valence electrons. The Bertz CT molecular complexity index is 1150. The molecule has 0 saturated heterocycles. The van der Waals surface area contributed by atoms with E-state index in [1.807, 2.05) is 48.7 Å². The van der Waals surface area contributed by atoms with Crippen molar-refractivity contribution in [2.45, 2.75) is 6.92 Å². The van der Waals surface area contributed by atoms with E-state index in [2.05, 4.69) is 20.5 Å². The van der Waals surface area contributed by atoms with Crippen LogP contribution in [0, 0.1) is 6.92 Å². The van der Waals surface area contributed by atoms with Crippen LogP contribution in [0.1, 0.15) is 15.4 Å². The van der Waals surface area contributed by atoms with Crippen LogP contribution in [0.3, 0.4) is 0 Å². The van der Waals surface area contributed by atoms with Crippen molar-refractivity contribution in [2.24, 2.45) is 0 Å². The topological polar surface area (TPSA) is 89.1 Å². The first kappa shape index (κ1) is 19.2. The fourth-order valence-corrected chi connectivity index (χ4v) is 4.47. The first-order valence-electron chi connectivity index (χ1n) is 8.69. The molecule has 0 unspecified atom stereocenters. The molecule has 9 heteroatoms. The van der Waals surface area contributed by atoms with E-state index >= 15 is 0 Å². The lowest BCUT2D eigenvalue weighted by atomic mass is 10.2. The number of anilines is 1. The quantitative estimate of drug-likeness (QED) is 0.460. The van der Waals surface area contributed by atoms with Gasteiger partial charge in [-0.3, -0.25) is 9.89 Å². The van der Waals surface area contributed by atoms with Crippen molar-refractivity contribution < 1.29 is 14.3 Å². The van der Waals surface area contributed by atoms with Gasteiger partial charge in [0.1, 0.15) is 9.88 Å². The lowest BCUT2D eigenvalue weighted by Gasteiger charge is -2.08.